The summed E-state index contributed by atoms with van der Waals surface area (Å²) in [7, 11) is -3.66. The molecule has 7 aromatic carbocycles. The first kappa shape index (κ1) is 39.3. The van der Waals surface area contributed by atoms with Gasteiger partial charge in [0, 0.05) is 32.9 Å². The van der Waals surface area contributed by atoms with Crippen molar-refractivity contribution in [2.24, 2.45) is 0 Å². The molecule has 0 aliphatic carbocycles. The predicted octanol–water partition coefficient (Wildman–Crippen LogP) is 9.08. The van der Waals surface area contributed by atoms with E-state index >= 15 is 0 Å². The van der Waals surface area contributed by atoms with Crippen molar-refractivity contribution in [2.45, 2.75) is 39.3 Å². The zero-order valence-electron chi connectivity index (χ0n) is 32.6. The quantitative estimate of drug-likeness (QED) is 0.0229. The molecule has 0 spiro atoms. The lowest BCUT2D eigenvalue weighted by atomic mass is 9.95. The molecule has 0 unspecified atom stereocenters. The number of benzene rings is 7. The van der Waals surface area contributed by atoms with Gasteiger partial charge in [-0.3, -0.25) is 0 Å². The van der Waals surface area contributed by atoms with Gasteiger partial charge in [0.05, 0.1) is 27.5 Å². The van der Waals surface area contributed by atoms with Crippen LogP contribution < -0.4 is 20.2 Å². The molecule has 12 nitrogen and oxygen atoms in total. The summed E-state index contributed by atoms with van der Waals surface area (Å²) in [5.41, 5.74) is 0.567. The van der Waals surface area contributed by atoms with Crippen LogP contribution in [0.15, 0.2) is 97.1 Å². The molecule has 0 saturated heterocycles. The maximum absolute atomic E-state index is 11.5. The summed E-state index contributed by atoms with van der Waals surface area (Å²) in [6.07, 6.45) is 0. The molecule has 0 saturated carbocycles. The molecule has 298 valence electrons. The summed E-state index contributed by atoms with van der Waals surface area (Å²) in [6, 6.07) is 28.9. The number of fused-ring (bicyclic) bond motifs is 2. The summed E-state index contributed by atoms with van der Waals surface area (Å²) in [5.74, 6) is -10.2. The molecule has 58 heavy (non-hydrogen) atoms. The molecule has 0 fully saturated rings. The van der Waals surface area contributed by atoms with Crippen LogP contribution in [0.5, 0.6) is 57.5 Å². The van der Waals surface area contributed by atoms with Gasteiger partial charge < -0.3 is 60.9 Å². The first-order valence-electron chi connectivity index (χ1n) is 18.4. The molecule has 0 radical (unpaired) electrons. The monoisotopic (exact) mass is 816 g/mol. The fourth-order valence-electron chi connectivity index (χ4n) is 7.29. The molecule has 7 rings (SSSR count). The van der Waals surface area contributed by atoms with Gasteiger partial charge in [-0.15, -0.1) is 0 Å². The second kappa shape index (κ2) is 13.9. The molecule has 10 N–H and O–H groups in total. The number of phenolic OH excluding ortho intramolecular Hbond substituents is 10. The number of anilines is 6. The van der Waals surface area contributed by atoms with E-state index in [-0.39, 0.29) is 0 Å². The van der Waals surface area contributed by atoms with Crippen molar-refractivity contribution in [3.8, 4) is 57.5 Å². The lowest BCUT2D eigenvalue weighted by Crippen LogP contribution is -2.37. The molecular weight excluding hydrogens is 773 g/mol. The second-order valence-electron chi connectivity index (χ2n) is 16.2. The van der Waals surface area contributed by atoms with Gasteiger partial charge in [-0.25, -0.2) is 0 Å². The summed E-state index contributed by atoms with van der Waals surface area (Å²) in [4.78, 5) is 2.93. The van der Waals surface area contributed by atoms with E-state index in [2.05, 4.69) is 39.3 Å². The Bertz CT molecular complexity index is 2460. The minimum Gasteiger partial charge on any atom is -0.503 e. The third kappa shape index (κ3) is 6.22. The van der Waals surface area contributed by atoms with Gasteiger partial charge >= 0.3 is 0 Å². The highest BCUT2D eigenvalue weighted by Gasteiger charge is 2.35. The first-order valence-corrected chi connectivity index (χ1v) is 25.4. The van der Waals surface area contributed by atoms with Gasteiger partial charge in [-0.2, -0.15) is 0 Å². The van der Waals surface area contributed by atoms with Crippen molar-refractivity contribution in [3.63, 3.8) is 0 Å². The van der Waals surface area contributed by atoms with E-state index in [0.29, 0.717) is 44.3 Å². The standard InChI is InChI=1S/C44H44N2O10Si2/c1-57(2,3)25-19-15-23(16-20-25)45(33-35(47)39(51)43(55)40(52)36(33)48)31-27-11-7-9-13-29(27)32(30-14-10-8-12-28(30)31)46(24-17-21-26(22-18-24)58(4,5)6)34-37(49)41(53)44(56)42(54)38(34)50/h7-22,47-56H,1-6H3. The zero-order chi connectivity index (χ0) is 42.2. The number of rotatable bonds is 8. The van der Waals surface area contributed by atoms with Crippen molar-refractivity contribution < 1.29 is 51.1 Å². The number of nitrogens with zero attached hydrogens (tertiary/aromatic N) is 2. The topological polar surface area (TPSA) is 209 Å². The Labute approximate surface area is 335 Å². The lowest BCUT2D eigenvalue weighted by Gasteiger charge is -2.34. The highest BCUT2D eigenvalue weighted by molar-refractivity contribution is 6.89. The highest BCUT2D eigenvalue weighted by Crippen LogP contribution is 2.62. The van der Waals surface area contributed by atoms with Gasteiger partial charge in [-0.05, 0) is 24.3 Å². The van der Waals surface area contributed by atoms with Crippen molar-refractivity contribution in [2.75, 3.05) is 9.80 Å². The fourth-order valence-corrected chi connectivity index (χ4v) is 9.63. The summed E-state index contributed by atoms with van der Waals surface area (Å²) >= 11 is 0. The third-order valence-electron chi connectivity index (χ3n) is 10.4. The van der Waals surface area contributed by atoms with E-state index in [1.165, 1.54) is 9.80 Å². The molecule has 0 aliphatic heterocycles. The van der Waals surface area contributed by atoms with E-state index in [4.69, 9.17) is 0 Å². The molecule has 0 amide bonds. The van der Waals surface area contributed by atoms with Crippen LogP contribution in [0.25, 0.3) is 21.5 Å². The Balaban J connectivity index is 1.67. The highest BCUT2D eigenvalue weighted by atomic mass is 28.3. The lowest BCUT2D eigenvalue weighted by molar-refractivity contribution is 0.329. The van der Waals surface area contributed by atoms with Gasteiger partial charge in [0.15, 0.2) is 23.0 Å². The third-order valence-corrected chi connectivity index (χ3v) is 14.6. The zero-order valence-corrected chi connectivity index (χ0v) is 34.6. The number of phenols is 10. The van der Waals surface area contributed by atoms with Gasteiger partial charge in [0.2, 0.25) is 34.5 Å². The second-order valence-corrected chi connectivity index (χ2v) is 26.4. The van der Waals surface area contributed by atoms with Crippen LogP contribution in [0.4, 0.5) is 34.1 Å². The molecule has 0 aliphatic rings. The average molecular weight is 817 g/mol. The summed E-state index contributed by atoms with van der Waals surface area (Å²) < 4.78 is 0. The number of aromatic hydroxyl groups is 10. The minimum atomic E-state index is -1.83. The maximum atomic E-state index is 11.5. The van der Waals surface area contributed by atoms with E-state index < -0.39 is 85.0 Å². The predicted molar refractivity (Wildman–Crippen MR) is 233 cm³/mol. The minimum absolute atomic E-state index is 0.338. The Morgan fingerprint density at radius 2 is 0.517 bits per heavy atom. The van der Waals surface area contributed by atoms with Gasteiger partial charge in [-0.1, -0.05) is 122 Å². The van der Waals surface area contributed by atoms with E-state index in [0.717, 1.165) is 10.4 Å². The number of hydrogen-bond acceptors (Lipinski definition) is 12. The van der Waals surface area contributed by atoms with E-state index in [1.807, 2.05) is 24.3 Å². The largest absolute Gasteiger partial charge is 0.503 e. The summed E-state index contributed by atoms with van der Waals surface area (Å²) in [5, 5.41) is 114. The SMILES string of the molecule is C[Si](C)(C)c1ccc(N(c2c(O)c(O)c(O)c(O)c2O)c2c3ccccc3c(N(c3ccc([Si](C)(C)C)cc3)c3c(O)c(O)c(O)c(O)c3O)c3ccccc23)cc1. The maximum Gasteiger partial charge on any atom is 0.208 e. The van der Waals surface area contributed by atoms with Crippen molar-refractivity contribution >= 4 is 82.2 Å². The van der Waals surface area contributed by atoms with Crippen LogP contribution in [0.2, 0.25) is 39.3 Å². The van der Waals surface area contributed by atoms with Crippen LogP contribution in [0, 0.1) is 0 Å². The van der Waals surface area contributed by atoms with E-state index in [9.17, 15) is 51.1 Å². The molecular formula is C44H44N2O10Si2. The Kier molecular flexibility index (Phi) is 9.45. The van der Waals surface area contributed by atoms with Crippen LogP contribution in [0.1, 0.15) is 0 Å². The smallest absolute Gasteiger partial charge is 0.208 e. The van der Waals surface area contributed by atoms with Crippen LogP contribution in [0.3, 0.4) is 0 Å². The van der Waals surface area contributed by atoms with Crippen LogP contribution in [-0.2, 0) is 0 Å². The molecule has 14 heteroatoms. The van der Waals surface area contributed by atoms with Crippen molar-refractivity contribution in [3.05, 3.63) is 97.1 Å². The first-order chi connectivity index (χ1) is 27.2. The van der Waals surface area contributed by atoms with Crippen LogP contribution in [-0.4, -0.2) is 67.2 Å². The molecule has 0 aromatic heterocycles. The molecule has 7 aromatic rings. The molecule has 0 atom stereocenters. The fraction of sp³-hybridized carbons (Fsp3) is 0.136. The Morgan fingerprint density at radius 1 is 0.293 bits per heavy atom. The molecule has 0 bridgehead atoms. The Morgan fingerprint density at radius 3 is 0.741 bits per heavy atom. The van der Waals surface area contributed by atoms with Crippen LogP contribution >= 0.6 is 0 Å². The van der Waals surface area contributed by atoms with Gasteiger partial charge in [0.1, 0.15) is 11.4 Å². The molecule has 0 heterocycles. The van der Waals surface area contributed by atoms with E-state index in [1.54, 1.807) is 72.8 Å². The van der Waals surface area contributed by atoms with Crippen molar-refractivity contribution in [1.82, 2.24) is 0 Å². The Hall–Kier alpha value is -6.91. The summed E-state index contributed by atoms with van der Waals surface area (Å²) in [6.45, 7) is 13.1. The normalized spacial score (nSPS) is 12.0. The van der Waals surface area contributed by atoms with Crippen molar-refractivity contribution in [1.29, 1.82) is 0 Å². The van der Waals surface area contributed by atoms with Gasteiger partial charge in [0.25, 0.3) is 0 Å². The number of hydrogen-bond donors (Lipinski definition) is 10. The average Bonchev–Trinajstić information content (AvgIpc) is 3.20.